The van der Waals surface area contributed by atoms with Crippen LogP contribution in [0.3, 0.4) is 0 Å². The lowest BCUT2D eigenvalue weighted by molar-refractivity contribution is -0.0285. The van der Waals surface area contributed by atoms with Gasteiger partial charge >= 0.3 is 0 Å². The van der Waals surface area contributed by atoms with Gasteiger partial charge in [-0.1, -0.05) is 18.2 Å². The number of hydrogen-bond acceptors (Lipinski definition) is 8. The van der Waals surface area contributed by atoms with E-state index in [1.165, 1.54) is 6.33 Å². The van der Waals surface area contributed by atoms with E-state index in [4.69, 9.17) is 10.5 Å². The van der Waals surface area contributed by atoms with Gasteiger partial charge < -0.3 is 29.8 Å². The molecule has 166 valence electrons. The largest absolute Gasteiger partial charge is 0.387 e. The van der Waals surface area contributed by atoms with Gasteiger partial charge in [-0.15, -0.1) is 0 Å². The number of benzene rings is 1. The number of aliphatic hydroxyl groups is 2. The molecule has 1 aliphatic heterocycles. The maximum absolute atomic E-state index is 10.7. The Morgan fingerprint density at radius 1 is 1.09 bits per heavy atom. The number of aryl methyl sites for hydroxylation is 1. The molecule has 0 saturated carbocycles. The molecule has 1 fully saturated rings. The molecule has 5 rings (SSSR count). The lowest BCUT2D eigenvalue weighted by Gasteiger charge is -2.17. The van der Waals surface area contributed by atoms with Gasteiger partial charge in [0.05, 0.1) is 29.2 Å². The van der Waals surface area contributed by atoms with E-state index in [1.54, 1.807) is 28.6 Å². The Morgan fingerprint density at radius 2 is 1.91 bits per heavy atom. The van der Waals surface area contributed by atoms with Gasteiger partial charge in [-0.2, -0.15) is 11.8 Å². The Kier molecular flexibility index (Phi) is 5.60. The second kappa shape index (κ2) is 8.55. The lowest BCUT2D eigenvalue weighted by atomic mass is 10.1. The smallest absolute Gasteiger partial charge is 0.164 e. The fourth-order valence-electron chi connectivity index (χ4n) is 4.01. The van der Waals surface area contributed by atoms with Gasteiger partial charge in [0.2, 0.25) is 0 Å². The number of anilines is 1. The van der Waals surface area contributed by atoms with Crippen LogP contribution >= 0.6 is 11.8 Å². The zero-order valence-electron chi connectivity index (χ0n) is 17.4. The summed E-state index contributed by atoms with van der Waals surface area (Å²) in [5, 5.41) is 22.0. The Balaban J connectivity index is 1.28. The number of hydrogen-bond donors (Lipinski definition) is 3. The first kappa shape index (κ1) is 21.0. The molecule has 1 saturated heterocycles. The molecule has 0 bridgehead atoms. The third-order valence-electron chi connectivity index (χ3n) is 5.78. The zero-order chi connectivity index (χ0) is 22.2. The Labute approximate surface area is 188 Å². The van der Waals surface area contributed by atoms with E-state index in [0.29, 0.717) is 28.4 Å². The van der Waals surface area contributed by atoms with Gasteiger partial charge in [0.15, 0.2) is 6.23 Å². The van der Waals surface area contributed by atoms with Crippen LogP contribution in [0.25, 0.3) is 16.7 Å². The molecule has 0 aliphatic carbocycles. The molecule has 4 heterocycles. The fourth-order valence-corrected chi connectivity index (χ4v) is 5.18. The van der Waals surface area contributed by atoms with Crippen LogP contribution in [0, 0.1) is 6.92 Å². The second-order valence-electron chi connectivity index (χ2n) is 7.76. The van der Waals surface area contributed by atoms with Crippen LogP contribution in [0.4, 0.5) is 5.82 Å². The molecule has 32 heavy (non-hydrogen) atoms. The number of thioether (sulfide) groups is 1. The highest BCUT2D eigenvalue weighted by Gasteiger charge is 2.44. The van der Waals surface area contributed by atoms with Gasteiger partial charge in [0.1, 0.15) is 30.0 Å². The summed E-state index contributed by atoms with van der Waals surface area (Å²) in [6.07, 6.45) is 1.58. The van der Waals surface area contributed by atoms with Crippen molar-refractivity contribution in [2.75, 3.05) is 11.5 Å². The van der Waals surface area contributed by atoms with Crippen molar-refractivity contribution in [3.05, 3.63) is 66.6 Å². The Morgan fingerprint density at radius 3 is 2.72 bits per heavy atom. The Bertz CT molecular complexity index is 1230. The highest BCUT2D eigenvalue weighted by atomic mass is 32.2. The average molecular weight is 453 g/mol. The van der Waals surface area contributed by atoms with E-state index in [2.05, 4.69) is 19.5 Å². The monoisotopic (exact) mass is 452 g/mol. The fraction of sp³-hybridized carbons (Fsp3) is 0.318. The SMILES string of the molecule is Cc1ncn(-c2ccccc2)c1CSC[C@H]1O[C@@H](n2ccc3c(N)ncnc32)[C@H](O)[C@@H]1O. The van der Waals surface area contributed by atoms with Gasteiger partial charge in [0.25, 0.3) is 0 Å². The molecule has 4 aromatic rings. The summed E-state index contributed by atoms with van der Waals surface area (Å²) in [4.78, 5) is 12.7. The molecule has 9 nitrogen and oxygen atoms in total. The van der Waals surface area contributed by atoms with Crippen molar-refractivity contribution in [1.29, 1.82) is 0 Å². The molecular formula is C22H24N6O3S. The molecule has 0 radical (unpaired) electrons. The van der Waals surface area contributed by atoms with E-state index in [0.717, 1.165) is 17.1 Å². The number of aromatic nitrogens is 5. The number of aliphatic hydroxyl groups excluding tert-OH is 2. The minimum Gasteiger partial charge on any atom is -0.387 e. The topological polar surface area (TPSA) is 124 Å². The molecule has 1 aromatic carbocycles. The predicted octanol–water partition coefficient (Wildman–Crippen LogP) is 2.06. The summed E-state index contributed by atoms with van der Waals surface area (Å²) in [5.41, 5.74) is 9.57. The van der Waals surface area contributed by atoms with E-state index >= 15 is 0 Å². The molecule has 0 spiro atoms. The predicted molar refractivity (Wildman–Crippen MR) is 122 cm³/mol. The molecule has 0 unspecified atom stereocenters. The zero-order valence-corrected chi connectivity index (χ0v) is 18.3. The maximum atomic E-state index is 10.7. The number of nitrogens with zero attached hydrogens (tertiary/aromatic N) is 5. The number of ether oxygens (including phenoxy) is 1. The van der Waals surface area contributed by atoms with Crippen molar-refractivity contribution in [1.82, 2.24) is 24.1 Å². The Hall–Kier alpha value is -2.92. The number of nitrogen functional groups attached to an aromatic ring is 1. The first-order valence-corrected chi connectivity index (χ1v) is 11.4. The van der Waals surface area contributed by atoms with Crippen molar-refractivity contribution < 1.29 is 14.9 Å². The first-order chi connectivity index (χ1) is 15.5. The highest BCUT2D eigenvalue weighted by molar-refractivity contribution is 7.98. The lowest BCUT2D eigenvalue weighted by Crippen LogP contribution is -2.32. The maximum Gasteiger partial charge on any atom is 0.164 e. The van der Waals surface area contributed by atoms with Gasteiger partial charge in [-0.25, -0.2) is 15.0 Å². The molecule has 1 aliphatic rings. The standard InChI is InChI=1S/C22H24N6O3S/c1-13-16(28(12-26-13)14-5-3-2-4-6-14)9-32-10-17-18(29)19(30)22(31-17)27-8-7-15-20(23)24-11-25-21(15)27/h2-8,11-12,17-19,22,29-30H,9-10H2,1H3,(H2,23,24,25)/t17-,18-,19-,22-/m1/s1. The third-order valence-corrected chi connectivity index (χ3v) is 6.82. The van der Waals surface area contributed by atoms with Crippen molar-refractivity contribution in [3.63, 3.8) is 0 Å². The highest BCUT2D eigenvalue weighted by Crippen LogP contribution is 2.34. The summed E-state index contributed by atoms with van der Waals surface area (Å²) in [5.74, 6) is 1.58. The number of para-hydroxylation sites is 1. The van der Waals surface area contributed by atoms with Crippen LogP contribution < -0.4 is 5.73 Å². The molecule has 4 atom stereocenters. The van der Waals surface area contributed by atoms with Crippen LogP contribution in [-0.2, 0) is 10.5 Å². The summed E-state index contributed by atoms with van der Waals surface area (Å²) in [6, 6.07) is 11.8. The normalized spacial score (nSPS) is 23.2. The van der Waals surface area contributed by atoms with E-state index in [1.807, 2.05) is 43.6 Å². The van der Waals surface area contributed by atoms with E-state index in [-0.39, 0.29) is 0 Å². The van der Waals surface area contributed by atoms with Gasteiger partial charge in [-0.05, 0) is 25.1 Å². The van der Waals surface area contributed by atoms with Crippen LogP contribution in [0.15, 0.2) is 55.2 Å². The van der Waals surface area contributed by atoms with Crippen LogP contribution in [0.2, 0.25) is 0 Å². The molecule has 10 heteroatoms. The van der Waals surface area contributed by atoms with Crippen LogP contribution in [0.5, 0.6) is 0 Å². The van der Waals surface area contributed by atoms with E-state index in [9.17, 15) is 10.2 Å². The van der Waals surface area contributed by atoms with Crippen LogP contribution in [0.1, 0.15) is 17.6 Å². The van der Waals surface area contributed by atoms with E-state index < -0.39 is 24.5 Å². The molecule has 4 N–H and O–H groups in total. The van der Waals surface area contributed by atoms with Crippen molar-refractivity contribution in [2.24, 2.45) is 0 Å². The minimum atomic E-state index is -1.08. The number of rotatable bonds is 6. The van der Waals surface area contributed by atoms with Gasteiger partial charge in [-0.3, -0.25) is 0 Å². The number of nitrogens with two attached hydrogens (primary N) is 1. The van der Waals surface area contributed by atoms with Crippen LogP contribution in [-0.4, -0.2) is 58.4 Å². The molecular weight excluding hydrogens is 428 g/mol. The number of imidazole rings is 1. The molecule has 0 amide bonds. The second-order valence-corrected chi connectivity index (χ2v) is 8.79. The minimum absolute atomic E-state index is 0.360. The van der Waals surface area contributed by atoms with Crippen molar-refractivity contribution in [3.8, 4) is 5.69 Å². The van der Waals surface area contributed by atoms with Crippen molar-refractivity contribution >= 4 is 28.6 Å². The summed E-state index contributed by atoms with van der Waals surface area (Å²) in [6.45, 7) is 1.99. The summed E-state index contributed by atoms with van der Waals surface area (Å²) in [7, 11) is 0. The average Bonchev–Trinajstić information content (AvgIpc) is 3.47. The summed E-state index contributed by atoms with van der Waals surface area (Å²) >= 11 is 1.63. The van der Waals surface area contributed by atoms with Gasteiger partial charge in [0, 0.05) is 23.4 Å². The first-order valence-electron chi connectivity index (χ1n) is 10.3. The van der Waals surface area contributed by atoms with Crippen molar-refractivity contribution in [2.45, 2.75) is 37.2 Å². The summed E-state index contributed by atoms with van der Waals surface area (Å²) < 4.78 is 9.83. The molecule has 3 aromatic heterocycles. The quantitative estimate of drug-likeness (QED) is 0.406. The third kappa shape index (κ3) is 3.65. The number of fused-ring (bicyclic) bond motifs is 1.